The van der Waals surface area contributed by atoms with Crippen LogP contribution in [0.15, 0.2) is 336 Å². The fourth-order valence-corrected chi connectivity index (χ4v) is 15.8. The highest BCUT2D eigenvalue weighted by Gasteiger charge is 2.30. The Hall–Kier alpha value is -14.8. The summed E-state index contributed by atoms with van der Waals surface area (Å²) in [6.07, 6.45) is 0. The van der Waals surface area contributed by atoms with E-state index in [1.165, 1.54) is 0 Å². The van der Waals surface area contributed by atoms with Gasteiger partial charge in [0.15, 0.2) is 34.5 Å². The predicted molar refractivity (Wildman–Crippen MR) is 424 cm³/mol. The van der Waals surface area contributed by atoms with Crippen molar-refractivity contribution in [1.29, 1.82) is 0 Å². The van der Waals surface area contributed by atoms with E-state index < -0.39 is 0 Å². The summed E-state index contributed by atoms with van der Waals surface area (Å²) in [5.41, 5.74) is 19.8. The summed E-state index contributed by atoms with van der Waals surface area (Å²) < 4.78 is 22.8. The molecule has 14 nitrogen and oxygen atoms in total. The third-order valence-corrected chi connectivity index (χ3v) is 20.6. The van der Waals surface area contributed by atoms with Gasteiger partial charge in [-0.25, -0.2) is 9.97 Å². The van der Waals surface area contributed by atoms with Gasteiger partial charge < -0.3 is 8.83 Å². The Bertz CT molecular complexity index is 7190. The largest absolute Gasteiger partial charge is 0.423 e. The van der Waals surface area contributed by atoms with Gasteiger partial charge in [0, 0.05) is 65.3 Å². The fourth-order valence-electron chi connectivity index (χ4n) is 15.8. The fraction of sp³-hybridized carbons (Fsp3) is 0. The Morgan fingerprint density at radius 1 is 0.208 bits per heavy atom. The van der Waals surface area contributed by atoms with Gasteiger partial charge in [0.1, 0.15) is 11.0 Å². The van der Waals surface area contributed by atoms with E-state index in [9.17, 15) is 0 Å². The van der Waals surface area contributed by atoms with Gasteiger partial charge >= 0.3 is 12.0 Å². The quantitative estimate of drug-likeness (QED) is 0.122. The average molecular weight is 1360 g/mol. The second-order valence-corrected chi connectivity index (χ2v) is 26.6. The molecule has 0 radical (unpaired) electrons. The van der Waals surface area contributed by atoms with Crippen LogP contribution in [0.25, 0.3) is 212 Å². The minimum atomic E-state index is 0.432. The third-order valence-electron chi connectivity index (χ3n) is 20.6. The van der Waals surface area contributed by atoms with E-state index in [1.807, 2.05) is 140 Å². The second-order valence-electron chi connectivity index (χ2n) is 26.6. The van der Waals surface area contributed by atoms with Crippen molar-refractivity contribution in [3.63, 3.8) is 0 Å². The molecule has 0 atom stereocenters. The van der Waals surface area contributed by atoms with Crippen molar-refractivity contribution in [3.05, 3.63) is 328 Å². The summed E-state index contributed by atoms with van der Waals surface area (Å²) in [4.78, 5) is 42.6. The van der Waals surface area contributed by atoms with Crippen molar-refractivity contribution in [1.82, 2.24) is 58.1 Å². The standard InChI is InChI=1S/C92H54N12O2/c1-6-24-55(25-7-1)63-46-50-72-79(53-63)106-91(93-72)104-76-40-22-18-36-66(76)71-54-70(80-69-37-19-23-41-77(69)102(84(80)83(71)104)90-99-87(60-30-12-4-13-31-60)96-88(100-90)61-32-14-5-15-33-61)57-44-42-56(43-45-57)62-47-51-78-73(52-62)94-92(105-78)103-75-39-21-17-35-65(75)68-49-48-67-64-34-16-20-38-74(64)101(81(67)82(68)103)89-97-85(58-26-8-2-9-27-58)95-86(98-89)59-28-10-3-11-29-59/h1-54H. The normalized spacial score (nSPS) is 12.0. The van der Waals surface area contributed by atoms with Gasteiger partial charge in [0.25, 0.3) is 0 Å². The monoisotopic (exact) mass is 1360 g/mol. The van der Waals surface area contributed by atoms with Crippen LogP contribution in [0.4, 0.5) is 0 Å². The minimum Gasteiger partial charge on any atom is -0.423 e. The van der Waals surface area contributed by atoms with Crippen LogP contribution in [0.2, 0.25) is 0 Å². The molecule has 0 saturated carbocycles. The van der Waals surface area contributed by atoms with Crippen LogP contribution in [0, 0.1) is 0 Å². The Kier molecular flexibility index (Phi) is 13.0. The molecule has 8 aromatic heterocycles. The van der Waals surface area contributed by atoms with E-state index in [1.54, 1.807) is 0 Å². The van der Waals surface area contributed by atoms with Crippen molar-refractivity contribution < 1.29 is 8.83 Å². The van der Waals surface area contributed by atoms with Gasteiger partial charge in [-0.1, -0.05) is 273 Å². The molecule has 0 aliphatic rings. The molecule has 494 valence electrons. The molecule has 8 heterocycles. The number of para-hydroxylation sites is 4. The number of nitrogens with zero attached hydrogens (tertiary/aromatic N) is 12. The molecule has 0 aliphatic carbocycles. The summed E-state index contributed by atoms with van der Waals surface area (Å²) in [7, 11) is 0. The number of aromatic nitrogens is 12. The molecule has 0 spiro atoms. The van der Waals surface area contributed by atoms with E-state index in [2.05, 4.69) is 206 Å². The molecule has 0 N–H and O–H groups in total. The molecule has 22 aromatic rings. The van der Waals surface area contributed by atoms with E-state index in [0.29, 0.717) is 63.9 Å². The van der Waals surface area contributed by atoms with Crippen LogP contribution >= 0.6 is 0 Å². The maximum absolute atomic E-state index is 7.02. The number of oxazole rings is 2. The zero-order valence-corrected chi connectivity index (χ0v) is 56.4. The van der Waals surface area contributed by atoms with Gasteiger partial charge in [-0.05, 0) is 88.0 Å². The van der Waals surface area contributed by atoms with E-state index in [0.717, 1.165) is 148 Å². The van der Waals surface area contributed by atoms with Crippen molar-refractivity contribution >= 4 is 109 Å². The molecule has 0 aliphatic heterocycles. The first-order chi connectivity index (χ1) is 52.5. The third kappa shape index (κ3) is 9.24. The Balaban J connectivity index is 0.725. The molecule has 0 unspecified atom stereocenters. The van der Waals surface area contributed by atoms with Gasteiger partial charge in [-0.3, -0.25) is 18.3 Å². The van der Waals surface area contributed by atoms with E-state index in [-0.39, 0.29) is 0 Å². The van der Waals surface area contributed by atoms with E-state index in [4.69, 9.17) is 48.7 Å². The number of benzene rings is 14. The highest BCUT2D eigenvalue weighted by atomic mass is 16.4. The van der Waals surface area contributed by atoms with Gasteiger partial charge in [-0.2, -0.15) is 29.9 Å². The summed E-state index contributed by atoms with van der Waals surface area (Å²) in [5, 5.41) is 8.22. The molecule has 14 heteroatoms. The van der Waals surface area contributed by atoms with Crippen LogP contribution in [0.3, 0.4) is 0 Å². The Morgan fingerprint density at radius 2 is 0.566 bits per heavy atom. The molecule has 0 fully saturated rings. The molecule has 0 bridgehead atoms. The molecule has 14 aromatic carbocycles. The van der Waals surface area contributed by atoms with Crippen LogP contribution in [0.1, 0.15) is 0 Å². The predicted octanol–water partition coefficient (Wildman–Crippen LogP) is 22.4. The highest BCUT2D eigenvalue weighted by molar-refractivity contribution is 6.28. The number of hydrogen-bond acceptors (Lipinski definition) is 10. The maximum atomic E-state index is 7.02. The summed E-state index contributed by atoms with van der Waals surface area (Å²) >= 11 is 0. The van der Waals surface area contributed by atoms with Crippen molar-refractivity contribution in [2.24, 2.45) is 0 Å². The minimum absolute atomic E-state index is 0.432. The topological polar surface area (TPSA) is 149 Å². The zero-order valence-electron chi connectivity index (χ0n) is 56.4. The summed E-state index contributed by atoms with van der Waals surface area (Å²) in [6.45, 7) is 0. The summed E-state index contributed by atoms with van der Waals surface area (Å²) in [5.74, 6) is 3.19. The molecule has 106 heavy (non-hydrogen) atoms. The van der Waals surface area contributed by atoms with Crippen LogP contribution in [0.5, 0.6) is 0 Å². The average Bonchev–Trinajstić information content (AvgIpc) is 1.54. The molecule has 0 saturated heterocycles. The number of fused-ring (bicyclic) bond motifs is 16. The van der Waals surface area contributed by atoms with Crippen LogP contribution in [-0.4, -0.2) is 58.1 Å². The van der Waals surface area contributed by atoms with E-state index >= 15 is 0 Å². The Morgan fingerprint density at radius 3 is 1.08 bits per heavy atom. The van der Waals surface area contributed by atoms with Gasteiger partial charge in [0.05, 0.1) is 44.1 Å². The highest BCUT2D eigenvalue weighted by Crippen LogP contribution is 2.48. The first kappa shape index (κ1) is 59.0. The zero-order chi connectivity index (χ0) is 69.5. The maximum Gasteiger partial charge on any atom is 0.307 e. The Labute approximate surface area is 603 Å². The summed E-state index contributed by atoms with van der Waals surface area (Å²) in [6, 6.07) is 114. The first-order valence-electron chi connectivity index (χ1n) is 35.2. The SMILES string of the molecule is c1ccc(-c2ccc3nc(-n4c5ccccc5c5cc(-c6ccc(-c7ccc8oc(-n9c%10ccccc%10c%10ccc%11c%12ccccc%12n(-c%12nc(-c%13ccccc%13)nc(-c%13ccccc%13)n%12)c%11c%109)nc8c7)cc6)c6c7ccccc7n(-c7nc(-c8ccccc8)nc(-c8ccccc8)n7)c6c54)oc3c2)cc1. The smallest absolute Gasteiger partial charge is 0.307 e. The lowest BCUT2D eigenvalue weighted by Crippen LogP contribution is -2.07. The van der Waals surface area contributed by atoms with Crippen molar-refractivity contribution in [2.75, 3.05) is 0 Å². The van der Waals surface area contributed by atoms with Crippen molar-refractivity contribution in [2.45, 2.75) is 0 Å². The molecule has 0 amide bonds. The van der Waals surface area contributed by atoms with Gasteiger partial charge in [0.2, 0.25) is 11.9 Å². The first-order valence-corrected chi connectivity index (χ1v) is 35.2. The lowest BCUT2D eigenvalue weighted by molar-refractivity contribution is 0.574. The molecular formula is C92H54N12O2. The molecule has 22 rings (SSSR count). The number of hydrogen-bond donors (Lipinski definition) is 0. The lowest BCUT2D eigenvalue weighted by atomic mass is 9.95. The van der Waals surface area contributed by atoms with Crippen LogP contribution < -0.4 is 0 Å². The lowest BCUT2D eigenvalue weighted by Gasteiger charge is -2.13. The number of rotatable bonds is 11. The molecular weight excluding hydrogens is 1310 g/mol. The van der Waals surface area contributed by atoms with Crippen LogP contribution in [-0.2, 0) is 0 Å². The van der Waals surface area contributed by atoms with Gasteiger partial charge in [-0.15, -0.1) is 0 Å². The van der Waals surface area contributed by atoms with Crippen molar-refractivity contribution in [3.8, 4) is 103 Å². The second kappa shape index (κ2) is 23.4.